The van der Waals surface area contributed by atoms with Crippen molar-refractivity contribution in [1.82, 2.24) is 9.97 Å². The Morgan fingerprint density at radius 2 is 2.13 bits per heavy atom. The molecule has 0 bridgehead atoms. The van der Waals surface area contributed by atoms with E-state index >= 15 is 0 Å². The number of carbonyl (C=O) groups excluding carboxylic acids is 1. The van der Waals surface area contributed by atoms with Gasteiger partial charge < -0.3 is 10.2 Å². The lowest BCUT2D eigenvalue weighted by atomic mass is 10.0. The molecule has 0 spiro atoms. The molecule has 0 saturated carbocycles. The van der Waals surface area contributed by atoms with Gasteiger partial charge in [-0.3, -0.25) is 4.79 Å². The quantitative estimate of drug-likeness (QED) is 0.942. The third-order valence-electron chi connectivity index (χ3n) is 3.96. The van der Waals surface area contributed by atoms with Crippen LogP contribution in [-0.4, -0.2) is 29.0 Å². The molecule has 1 amide bonds. The highest BCUT2D eigenvalue weighted by Crippen LogP contribution is 2.28. The van der Waals surface area contributed by atoms with Gasteiger partial charge in [-0.25, -0.2) is 9.97 Å². The molecule has 0 aliphatic carbocycles. The number of aryl methyl sites for hydroxylation is 2. The van der Waals surface area contributed by atoms with Crippen LogP contribution in [0.3, 0.4) is 0 Å². The van der Waals surface area contributed by atoms with Crippen LogP contribution in [0.5, 0.6) is 0 Å². The summed E-state index contributed by atoms with van der Waals surface area (Å²) in [5.41, 5.74) is 3.48. The minimum Gasteiger partial charge on any atom is -0.354 e. The highest BCUT2D eigenvalue weighted by atomic mass is 16.2. The van der Waals surface area contributed by atoms with Crippen molar-refractivity contribution in [2.24, 2.45) is 0 Å². The Morgan fingerprint density at radius 1 is 1.30 bits per heavy atom. The second-order valence-electron chi connectivity index (χ2n) is 5.83. The summed E-state index contributed by atoms with van der Waals surface area (Å²) in [6.45, 7) is 5.50. The summed E-state index contributed by atoms with van der Waals surface area (Å²) >= 11 is 0. The number of benzene rings is 1. The fourth-order valence-corrected chi connectivity index (χ4v) is 2.88. The normalized spacial score (nSPS) is 13.6. The fourth-order valence-electron chi connectivity index (χ4n) is 2.88. The van der Waals surface area contributed by atoms with Gasteiger partial charge in [-0.1, -0.05) is 25.1 Å². The molecule has 2 aromatic rings. The molecule has 1 aromatic heterocycles. The van der Waals surface area contributed by atoms with Crippen molar-refractivity contribution in [2.45, 2.75) is 33.1 Å². The number of nitrogens with zero attached hydrogens (tertiary/aromatic N) is 3. The first-order valence-corrected chi connectivity index (χ1v) is 8.18. The number of hydrogen-bond acceptors (Lipinski definition) is 4. The molecule has 0 atom stereocenters. The zero-order valence-corrected chi connectivity index (χ0v) is 13.7. The van der Waals surface area contributed by atoms with Crippen molar-refractivity contribution < 1.29 is 4.79 Å². The van der Waals surface area contributed by atoms with Crippen LogP contribution in [0.15, 0.2) is 30.3 Å². The van der Waals surface area contributed by atoms with Crippen LogP contribution < -0.4 is 10.2 Å². The van der Waals surface area contributed by atoms with E-state index in [2.05, 4.69) is 28.3 Å². The van der Waals surface area contributed by atoms with E-state index in [4.69, 9.17) is 0 Å². The van der Waals surface area contributed by atoms with Gasteiger partial charge in [0.25, 0.3) is 5.91 Å². The molecule has 1 N–H and O–H groups in total. The van der Waals surface area contributed by atoms with Crippen LogP contribution in [0.25, 0.3) is 0 Å². The number of rotatable bonds is 4. The molecule has 0 fully saturated rings. The molecule has 5 heteroatoms. The lowest BCUT2D eigenvalue weighted by Crippen LogP contribution is -2.36. The molecule has 1 aromatic carbocycles. The zero-order chi connectivity index (χ0) is 16.2. The average Bonchev–Trinajstić information content (AvgIpc) is 2.58. The minimum atomic E-state index is -0.0535. The second-order valence-corrected chi connectivity index (χ2v) is 5.83. The summed E-state index contributed by atoms with van der Waals surface area (Å²) in [4.78, 5) is 23.5. The highest BCUT2D eigenvalue weighted by molar-refractivity contribution is 6.05. The van der Waals surface area contributed by atoms with Crippen LogP contribution >= 0.6 is 0 Å². The van der Waals surface area contributed by atoms with Gasteiger partial charge in [-0.05, 0) is 43.9 Å². The van der Waals surface area contributed by atoms with Crippen molar-refractivity contribution >= 4 is 17.5 Å². The number of anilines is 2. The number of carbonyl (C=O) groups is 1. The zero-order valence-electron chi connectivity index (χ0n) is 13.7. The SMILES string of the molecule is CCCNc1nc(C)cc(C(=O)N2CCCc3ccccc32)n1. The fraction of sp³-hybridized carbons (Fsp3) is 0.389. The van der Waals surface area contributed by atoms with Crippen LogP contribution in [-0.2, 0) is 6.42 Å². The standard InChI is InChI=1S/C18H22N4O/c1-3-10-19-18-20-13(2)12-15(21-18)17(23)22-11-6-8-14-7-4-5-9-16(14)22/h4-5,7,9,12H,3,6,8,10-11H2,1-2H3,(H,19,20,21). The predicted octanol–water partition coefficient (Wildman–Crippen LogP) is 3.20. The molecule has 5 nitrogen and oxygen atoms in total. The summed E-state index contributed by atoms with van der Waals surface area (Å²) in [5.74, 6) is 0.475. The number of fused-ring (bicyclic) bond motifs is 1. The topological polar surface area (TPSA) is 58.1 Å². The Balaban J connectivity index is 1.90. The summed E-state index contributed by atoms with van der Waals surface area (Å²) < 4.78 is 0. The molecular weight excluding hydrogens is 288 g/mol. The number of nitrogens with one attached hydrogen (secondary N) is 1. The first-order chi connectivity index (χ1) is 11.2. The summed E-state index contributed by atoms with van der Waals surface area (Å²) in [6.07, 6.45) is 2.99. The van der Waals surface area contributed by atoms with Crippen LogP contribution in [0.2, 0.25) is 0 Å². The van der Waals surface area contributed by atoms with Crippen molar-refractivity contribution in [3.63, 3.8) is 0 Å². The minimum absolute atomic E-state index is 0.0535. The maximum absolute atomic E-state index is 12.9. The van der Waals surface area contributed by atoms with Gasteiger partial charge in [0.1, 0.15) is 5.69 Å². The van der Waals surface area contributed by atoms with Gasteiger partial charge in [0.15, 0.2) is 0 Å². The van der Waals surface area contributed by atoms with Gasteiger partial charge in [0, 0.05) is 24.5 Å². The smallest absolute Gasteiger partial charge is 0.277 e. The van der Waals surface area contributed by atoms with E-state index in [9.17, 15) is 4.79 Å². The largest absolute Gasteiger partial charge is 0.354 e. The molecular formula is C18H22N4O. The average molecular weight is 310 g/mol. The lowest BCUT2D eigenvalue weighted by molar-refractivity contribution is 0.0980. The van der Waals surface area contributed by atoms with Crippen LogP contribution in [0.1, 0.15) is 41.5 Å². The summed E-state index contributed by atoms with van der Waals surface area (Å²) in [6, 6.07) is 9.86. The molecule has 1 aliphatic heterocycles. The lowest BCUT2D eigenvalue weighted by Gasteiger charge is -2.29. The Labute approximate surface area is 136 Å². The Hall–Kier alpha value is -2.43. The summed E-state index contributed by atoms with van der Waals surface area (Å²) in [5, 5.41) is 3.16. The van der Waals surface area contributed by atoms with E-state index < -0.39 is 0 Å². The third kappa shape index (κ3) is 3.33. The first kappa shape index (κ1) is 15.5. The second kappa shape index (κ2) is 6.77. The maximum Gasteiger partial charge on any atom is 0.277 e. The van der Waals surface area contributed by atoms with Gasteiger partial charge in [-0.15, -0.1) is 0 Å². The van der Waals surface area contributed by atoms with Crippen molar-refractivity contribution in [1.29, 1.82) is 0 Å². The van der Waals surface area contributed by atoms with E-state index in [-0.39, 0.29) is 5.91 Å². The molecule has 2 heterocycles. The van der Waals surface area contributed by atoms with E-state index in [1.807, 2.05) is 30.0 Å². The highest BCUT2D eigenvalue weighted by Gasteiger charge is 2.24. The first-order valence-electron chi connectivity index (χ1n) is 8.18. The van der Waals surface area contributed by atoms with E-state index in [0.717, 1.165) is 43.7 Å². The van der Waals surface area contributed by atoms with Crippen molar-refractivity contribution in [3.05, 3.63) is 47.3 Å². The maximum atomic E-state index is 12.9. The summed E-state index contributed by atoms with van der Waals surface area (Å²) in [7, 11) is 0. The predicted molar refractivity (Wildman–Crippen MR) is 92.0 cm³/mol. The number of aromatic nitrogens is 2. The molecule has 3 rings (SSSR count). The van der Waals surface area contributed by atoms with E-state index in [1.54, 1.807) is 6.07 Å². The van der Waals surface area contributed by atoms with Gasteiger partial charge >= 0.3 is 0 Å². The number of hydrogen-bond donors (Lipinski definition) is 1. The molecule has 0 unspecified atom stereocenters. The van der Waals surface area contributed by atoms with Crippen molar-refractivity contribution in [2.75, 3.05) is 23.3 Å². The van der Waals surface area contributed by atoms with E-state index in [0.29, 0.717) is 11.6 Å². The third-order valence-corrected chi connectivity index (χ3v) is 3.96. The van der Waals surface area contributed by atoms with Gasteiger partial charge in [0.2, 0.25) is 5.95 Å². The van der Waals surface area contributed by atoms with Crippen molar-refractivity contribution in [3.8, 4) is 0 Å². The van der Waals surface area contributed by atoms with E-state index in [1.165, 1.54) is 5.56 Å². The monoisotopic (exact) mass is 310 g/mol. The molecule has 23 heavy (non-hydrogen) atoms. The molecule has 0 saturated heterocycles. The number of para-hydroxylation sites is 1. The Morgan fingerprint density at radius 3 is 2.96 bits per heavy atom. The van der Waals surface area contributed by atoms with Crippen LogP contribution in [0, 0.1) is 6.92 Å². The molecule has 0 radical (unpaired) electrons. The Bertz CT molecular complexity index is 714. The number of amides is 1. The van der Waals surface area contributed by atoms with Gasteiger partial charge in [0.05, 0.1) is 0 Å². The van der Waals surface area contributed by atoms with Crippen LogP contribution in [0.4, 0.5) is 11.6 Å². The molecule has 120 valence electrons. The molecule has 1 aliphatic rings. The Kier molecular flexibility index (Phi) is 4.55. The van der Waals surface area contributed by atoms with Gasteiger partial charge in [-0.2, -0.15) is 0 Å².